The van der Waals surface area contributed by atoms with Crippen molar-refractivity contribution in [2.75, 3.05) is 7.11 Å². The van der Waals surface area contributed by atoms with Crippen LogP contribution in [0.1, 0.15) is 28.7 Å². The molecule has 0 saturated carbocycles. The van der Waals surface area contributed by atoms with Crippen LogP contribution in [0.15, 0.2) is 30.5 Å². The lowest BCUT2D eigenvalue weighted by Gasteiger charge is -2.14. The van der Waals surface area contributed by atoms with Gasteiger partial charge in [0.25, 0.3) is 0 Å². The van der Waals surface area contributed by atoms with E-state index in [0.717, 1.165) is 16.9 Å². The summed E-state index contributed by atoms with van der Waals surface area (Å²) in [6, 6.07) is 7.67. The molecule has 0 radical (unpaired) electrons. The average Bonchev–Trinajstić information content (AvgIpc) is 2.39. The molecule has 0 saturated heterocycles. The molecule has 2 aromatic rings. The highest BCUT2D eigenvalue weighted by molar-refractivity contribution is 5.37. The molecule has 1 N–H and O–H groups in total. The first kappa shape index (κ1) is 13.5. The van der Waals surface area contributed by atoms with E-state index in [1.807, 2.05) is 32.0 Å². The SMILES string of the molecule is COc1ccc(C)cc1CC(O)c1ccnc(C)n1. The van der Waals surface area contributed by atoms with Gasteiger partial charge in [-0.15, -0.1) is 0 Å². The van der Waals surface area contributed by atoms with Gasteiger partial charge in [-0.25, -0.2) is 9.97 Å². The Kier molecular flexibility index (Phi) is 4.12. The predicted octanol–water partition coefficient (Wildman–Crippen LogP) is 2.38. The lowest BCUT2D eigenvalue weighted by molar-refractivity contribution is 0.172. The first-order valence-electron chi connectivity index (χ1n) is 6.21. The van der Waals surface area contributed by atoms with Crippen LogP contribution < -0.4 is 4.74 Å². The second-order valence-corrected chi connectivity index (χ2v) is 4.56. The van der Waals surface area contributed by atoms with Gasteiger partial charge in [0, 0.05) is 12.6 Å². The highest BCUT2D eigenvalue weighted by Gasteiger charge is 2.13. The van der Waals surface area contributed by atoms with E-state index in [1.54, 1.807) is 19.4 Å². The van der Waals surface area contributed by atoms with E-state index >= 15 is 0 Å². The van der Waals surface area contributed by atoms with Crippen LogP contribution in [-0.4, -0.2) is 22.2 Å². The number of methoxy groups -OCH3 is 1. The number of hydrogen-bond acceptors (Lipinski definition) is 4. The van der Waals surface area contributed by atoms with Gasteiger partial charge in [0.05, 0.1) is 12.8 Å². The third-order valence-electron chi connectivity index (χ3n) is 2.99. The van der Waals surface area contributed by atoms with Crippen molar-refractivity contribution < 1.29 is 9.84 Å². The van der Waals surface area contributed by atoms with E-state index in [9.17, 15) is 5.11 Å². The van der Waals surface area contributed by atoms with Gasteiger partial charge >= 0.3 is 0 Å². The number of nitrogens with zero attached hydrogens (tertiary/aromatic N) is 2. The zero-order chi connectivity index (χ0) is 13.8. The first-order chi connectivity index (χ1) is 9.10. The van der Waals surface area contributed by atoms with Gasteiger partial charge in [-0.1, -0.05) is 17.7 Å². The molecule has 4 nitrogen and oxygen atoms in total. The van der Waals surface area contributed by atoms with Crippen molar-refractivity contribution in [2.45, 2.75) is 26.4 Å². The number of benzene rings is 1. The van der Waals surface area contributed by atoms with Crippen molar-refractivity contribution in [1.82, 2.24) is 9.97 Å². The summed E-state index contributed by atoms with van der Waals surface area (Å²) in [5.41, 5.74) is 2.75. The number of aromatic nitrogens is 2. The fourth-order valence-electron chi connectivity index (χ4n) is 2.04. The Morgan fingerprint density at radius 1 is 1.26 bits per heavy atom. The Balaban J connectivity index is 2.23. The van der Waals surface area contributed by atoms with Crippen molar-refractivity contribution in [3.63, 3.8) is 0 Å². The number of aryl methyl sites for hydroxylation is 2. The molecule has 1 atom stereocenters. The minimum atomic E-state index is -0.655. The highest BCUT2D eigenvalue weighted by atomic mass is 16.5. The van der Waals surface area contributed by atoms with Crippen molar-refractivity contribution in [3.05, 3.63) is 53.1 Å². The molecule has 1 heterocycles. The van der Waals surface area contributed by atoms with E-state index in [2.05, 4.69) is 9.97 Å². The number of ether oxygens (including phenoxy) is 1. The summed E-state index contributed by atoms with van der Waals surface area (Å²) in [6.45, 7) is 3.83. The minimum Gasteiger partial charge on any atom is -0.496 e. The molecule has 100 valence electrons. The van der Waals surface area contributed by atoms with Crippen molar-refractivity contribution in [2.24, 2.45) is 0 Å². The summed E-state index contributed by atoms with van der Waals surface area (Å²) >= 11 is 0. The highest BCUT2D eigenvalue weighted by Crippen LogP contribution is 2.25. The molecule has 0 aliphatic carbocycles. The van der Waals surface area contributed by atoms with Crippen LogP contribution >= 0.6 is 0 Å². The molecule has 19 heavy (non-hydrogen) atoms. The third kappa shape index (κ3) is 3.29. The summed E-state index contributed by atoms with van der Waals surface area (Å²) in [4.78, 5) is 8.28. The molecule has 0 fully saturated rings. The van der Waals surface area contributed by atoms with Gasteiger partial charge in [-0.2, -0.15) is 0 Å². The molecule has 2 rings (SSSR count). The van der Waals surface area contributed by atoms with Crippen LogP contribution in [0.4, 0.5) is 0 Å². The number of aliphatic hydroxyl groups is 1. The number of aliphatic hydroxyl groups excluding tert-OH is 1. The van der Waals surface area contributed by atoms with Crippen LogP contribution in [0.3, 0.4) is 0 Å². The summed E-state index contributed by atoms with van der Waals surface area (Å²) in [5.74, 6) is 1.45. The van der Waals surface area contributed by atoms with Gasteiger partial charge in [0.15, 0.2) is 0 Å². The maximum atomic E-state index is 10.3. The van der Waals surface area contributed by atoms with Crippen LogP contribution in [0.5, 0.6) is 5.75 Å². The Labute approximate surface area is 113 Å². The number of rotatable bonds is 4. The lowest BCUT2D eigenvalue weighted by atomic mass is 10.0. The fraction of sp³-hybridized carbons (Fsp3) is 0.333. The molecule has 0 bridgehead atoms. The van der Waals surface area contributed by atoms with Crippen LogP contribution in [0.25, 0.3) is 0 Å². The van der Waals surface area contributed by atoms with Gasteiger partial charge in [0.1, 0.15) is 17.7 Å². The Morgan fingerprint density at radius 3 is 2.74 bits per heavy atom. The Morgan fingerprint density at radius 2 is 2.05 bits per heavy atom. The Hall–Kier alpha value is -1.94. The van der Waals surface area contributed by atoms with Gasteiger partial charge in [-0.3, -0.25) is 0 Å². The largest absolute Gasteiger partial charge is 0.496 e. The molecule has 0 amide bonds. The van der Waals surface area contributed by atoms with Gasteiger partial charge < -0.3 is 9.84 Å². The molecule has 1 unspecified atom stereocenters. The normalized spacial score (nSPS) is 12.2. The van der Waals surface area contributed by atoms with Gasteiger partial charge in [0.2, 0.25) is 0 Å². The van der Waals surface area contributed by atoms with E-state index < -0.39 is 6.10 Å². The van der Waals surface area contributed by atoms with Crippen LogP contribution in [0.2, 0.25) is 0 Å². The van der Waals surface area contributed by atoms with E-state index in [-0.39, 0.29) is 0 Å². The molecule has 0 aliphatic heterocycles. The van der Waals surface area contributed by atoms with E-state index in [1.165, 1.54) is 0 Å². The molecule has 0 spiro atoms. The Bertz CT molecular complexity index is 570. The van der Waals surface area contributed by atoms with E-state index in [4.69, 9.17) is 4.74 Å². The topological polar surface area (TPSA) is 55.2 Å². The quantitative estimate of drug-likeness (QED) is 0.914. The summed E-state index contributed by atoms with van der Waals surface area (Å²) < 4.78 is 5.32. The predicted molar refractivity (Wildman–Crippen MR) is 73.2 cm³/mol. The smallest absolute Gasteiger partial charge is 0.125 e. The van der Waals surface area contributed by atoms with Crippen molar-refractivity contribution in [3.8, 4) is 5.75 Å². The van der Waals surface area contributed by atoms with Crippen LogP contribution in [-0.2, 0) is 6.42 Å². The molecular formula is C15H18N2O2. The molecule has 1 aromatic carbocycles. The van der Waals surface area contributed by atoms with Crippen molar-refractivity contribution >= 4 is 0 Å². The summed E-state index contributed by atoms with van der Waals surface area (Å²) in [5, 5.41) is 10.3. The van der Waals surface area contributed by atoms with Crippen LogP contribution in [0, 0.1) is 13.8 Å². The summed E-state index contributed by atoms with van der Waals surface area (Å²) in [6.07, 6.45) is 1.48. The minimum absolute atomic E-state index is 0.474. The maximum absolute atomic E-state index is 10.3. The molecule has 0 aliphatic rings. The third-order valence-corrected chi connectivity index (χ3v) is 2.99. The lowest BCUT2D eigenvalue weighted by Crippen LogP contribution is -2.07. The maximum Gasteiger partial charge on any atom is 0.125 e. The zero-order valence-electron chi connectivity index (χ0n) is 11.4. The zero-order valence-corrected chi connectivity index (χ0v) is 11.4. The van der Waals surface area contributed by atoms with Crippen molar-refractivity contribution in [1.29, 1.82) is 0 Å². The standard InChI is InChI=1S/C15H18N2O2/c1-10-4-5-15(19-3)12(8-10)9-14(18)13-6-7-16-11(2)17-13/h4-8,14,18H,9H2,1-3H3. The second kappa shape index (κ2) is 5.80. The monoisotopic (exact) mass is 258 g/mol. The summed E-state index contributed by atoms with van der Waals surface area (Å²) in [7, 11) is 1.63. The fourth-order valence-corrected chi connectivity index (χ4v) is 2.04. The van der Waals surface area contributed by atoms with Gasteiger partial charge in [-0.05, 0) is 31.5 Å². The second-order valence-electron chi connectivity index (χ2n) is 4.56. The van der Waals surface area contributed by atoms with E-state index in [0.29, 0.717) is 17.9 Å². The number of hydrogen-bond donors (Lipinski definition) is 1. The average molecular weight is 258 g/mol. The molecular weight excluding hydrogens is 240 g/mol. The first-order valence-corrected chi connectivity index (χ1v) is 6.21. The molecule has 1 aromatic heterocycles. The molecule has 4 heteroatoms.